The summed E-state index contributed by atoms with van der Waals surface area (Å²) in [5.41, 5.74) is 5.66. The minimum Gasteiger partial charge on any atom is -0.381 e. The van der Waals surface area contributed by atoms with Gasteiger partial charge < -0.3 is 5.73 Å². The number of halogens is 2. The second-order valence-corrected chi connectivity index (χ2v) is 3.13. The van der Waals surface area contributed by atoms with Crippen molar-refractivity contribution in [1.82, 2.24) is 8.75 Å². The molecule has 14 heavy (non-hydrogen) atoms. The summed E-state index contributed by atoms with van der Waals surface area (Å²) in [6.07, 6.45) is 0. The molecule has 0 aliphatic rings. The average molecular weight is 213 g/mol. The predicted octanol–water partition coefficient (Wildman–Crippen LogP) is 2.07. The maximum Gasteiger partial charge on any atom is 0.168 e. The highest BCUT2D eigenvalue weighted by atomic mass is 32.1. The van der Waals surface area contributed by atoms with Crippen LogP contribution in [0, 0.1) is 11.6 Å². The Bertz CT molecular complexity index is 469. The van der Waals surface area contributed by atoms with Crippen molar-refractivity contribution < 1.29 is 8.78 Å². The van der Waals surface area contributed by atoms with E-state index in [1.54, 1.807) is 0 Å². The van der Waals surface area contributed by atoms with Crippen LogP contribution in [-0.2, 0) is 0 Å². The van der Waals surface area contributed by atoms with E-state index in [9.17, 15) is 8.78 Å². The summed E-state index contributed by atoms with van der Waals surface area (Å²) in [6.45, 7) is 0. The van der Waals surface area contributed by atoms with Crippen LogP contribution in [0.1, 0.15) is 0 Å². The Labute approximate surface area is 82.5 Å². The largest absolute Gasteiger partial charge is 0.381 e. The highest BCUT2D eigenvalue weighted by Crippen LogP contribution is 2.27. The summed E-state index contributed by atoms with van der Waals surface area (Å²) in [4.78, 5) is 0. The molecule has 0 saturated carbocycles. The van der Waals surface area contributed by atoms with E-state index < -0.39 is 11.6 Å². The summed E-state index contributed by atoms with van der Waals surface area (Å²) >= 11 is 0.861. The van der Waals surface area contributed by atoms with Crippen LogP contribution in [0.25, 0.3) is 11.3 Å². The smallest absolute Gasteiger partial charge is 0.168 e. The highest BCUT2D eigenvalue weighted by Gasteiger charge is 2.14. The lowest BCUT2D eigenvalue weighted by atomic mass is 10.1. The molecule has 2 N–H and O–H groups in total. The Hall–Kier alpha value is -1.56. The topological polar surface area (TPSA) is 51.8 Å². The zero-order valence-electron chi connectivity index (χ0n) is 6.87. The molecular formula is C8H5F2N3S. The second-order valence-electron chi connectivity index (χ2n) is 2.60. The maximum atomic E-state index is 13.3. The van der Waals surface area contributed by atoms with E-state index in [1.807, 2.05) is 0 Å². The van der Waals surface area contributed by atoms with Crippen molar-refractivity contribution in [3.05, 3.63) is 29.8 Å². The number of hydrogen-bond acceptors (Lipinski definition) is 4. The van der Waals surface area contributed by atoms with Gasteiger partial charge in [-0.1, -0.05) is 6.07 Å². The number of hydrogen-bond donors (Lipinski definition) is 1. The molecule has 0 saturated heterocycles. The van der Waals surface area contributed by atoms with Gasteiger partial charge in [-0.15, -0.1) is 0 Å². The lowest BCUT2D eigenvalue weighted by Crippen LogP contribution is -1.93. The standard InChI is InChI=1S/C8H5F2N3S/c9-5-3-1-2-4(6(5)10)7-8(11)13-14-12-7/h1-3H,(H2,11,13). The van der Waals surface area contributed by atoms with Crippen molar-refractivity contribution >= 4 is 17.5 Å². The maximum absolute atomic E-state index is 13.3. The average Bonchev–Trinajstić information content (AvgIpc) is 2.57. The van der Waals surface area contributed by atoms with E-state index in [-0.39, 0.29) is 17.1 Å². The van der Waals surface area contributed by atoms with Gasteiger partial charge in [0.1, 0.15) is 5.69 Å². The summed E-state index contributed by atoms with van der Waals surface area (Å²) in [5, 5.41) is 0. The molecule has 6 heteroatoms. The summed E-state index contributed by atoms with van der Waals surface area (Å²) < 4.78 is 33.6. The SMILES string of the molecule is Nc1nsnc1-c1cccc(F)c1F. The van der Waals surface area contributed by atoms with Gasteiger partial charge in [0.25, 0.3) is 0 Å². The molecule has 0 fully saturated rings. The van der Waals surface area contributed by atoms with Gasteiger partial charge in [-0.3, -0.25) is 0 Å². The molecule has 0 aliphatic carbocycles. The number of aromatic nitrogens is 2. The molecule has 2 aromatic rings. The molecule has 1 aromatic carbocycles. The van der Waals surface area contributed by atoms with Crippen molar-refractivity contribution in [2.45, 2.75) is 0 Å². The van der Waals surface area contributed by atoms with Gasteiger partial charge in [-0.25, -0.2) is 8.78 Å². The molecule has 0 radical (unpaired) electrons. The summed E-state index contributed by atoms with van der Waals surface area (Å²) in [5.74, 6) is -1.76. The van der Waals surface area contributed by atoms with Crippen molar-refractivity contribution in [3.8, 4) is 11.3 Å². The number of nitrogens with zero attached hydrogens (tertiary/aromatic N) is 2. The van der Waals surface area contributed by atoms with Crippen molar-refractivity contribution in [1.29, 1.82) is 0 Å². The molecule has 0 atom stereocenters. The minimum absolute atomic E-state index is 0.0382. The number of rotatable bonds is 1. The van der Waals surface area contributed by atoms with Crippen LogP contribution >= 0.6 is 11.7 Å². The number of benzene rings is 1. The predicted molar refractivity (Wildman–Crippen MR) is 49.7 cm³/mol. The van der Waals surface area contributed by atoms with Crippen LogP contribution < -0.4 is 5.73 Å². The highest BCUT2D eigenvalue weighted by molar-refractivity contribution is 6.99. The van der Waals surface area contributed by atoms with Crippen molar-refractivity contribution in [2.24, 2.45) is 0 Å². The molecule has 72 valence electrons. The van der Waals surface area contributed by atoms with Gasteiger partial charge >= 0.3 is 0 Å². The van der Waals surface area contributed by atoms with Crippen molar-refractivity contribution in [3.63, 3.8) is 0 Å². The van der Waals surface area contributed by atoms with Crippen LogP contribution in [0.4, 0.5) is 14.6 Å². The summed E-state index contributed by atoms with van der Waals surface area (Å²) in [7, 11) is 0. The Balaban J connectivity index is 2.63. The molecule has 1 aromatic heterocycles. The van der Waals surface area contributed by atoms with Crippen LogP contribution in [0.5, 0.6) is 0 Å². The zero-order valence-corrected chi connectivity index (χ0v) is 7.68. The first-order chi connectivity index (χ1) is 6.70. The van der Waals surface area contributed by atoms with Crippen LogP contribution in [0.2, 0.25) is 0 Å². The van der Waals surface area contributed by atoms with E-state index >= 15 is 0 Å². The van der Waals surface area contributed by atoms with Gasteiger partial charge in [0.15, 0.2) is 17.5 Å². The normalized spacial score (nSPS) is 10.4. The quantitative estimate of drug-likeness (QED) is 0.788. The molecule has 0 amide bonds. The summed E-state index contributed by atoms with van der Waals surface area (Å²) in [6, 6.07) is 3.84. The minimum atomic E-state index is -0.952. The third kappa shape index (κ3) is 1.33. The molecule has 0 spiro atoms. The van der Waals surface area contributed by atoms with Crippen molar-refractivity contribution in [2.75, 3.05) is 5.73 Å². The number of anilines is 1. The first kappa shape index (κ1) is 9.01. The van der Waals surface area contributed by atoms with Gasteiger partial charge in [0.2, 0.25) is 0 Å². The Morgan fingerprint density at radius 2 is 2.00 bits per heavy atom. The fourth-order valence-electron chi connectivity index (χ4n) is 1.07. The number of nitrogens with two attached hydrogens (primary N) is 1. The Kier molecular flexibility index (Phi) is 2.12. The first-order valence-electron chi connectivity index (χ1n) is 3.72. The van der Waals surface area contributed by atoms with E-state index in [4.69, 9.17) is 5.73 Å². The van der Waals surface area contributed by atoms with E-state index in [2.05, 4.69) is 8.75 Å². The van der Waals surface area contributed by atoms with Crippen LogP contribution in [-0.4, -0.2) is 8.75 Å². The number of nitrogen functional groups attached to an aromatic ring is 1. The molecule has 0 unspecified atom stereocenters. The van der Waals surface area contributed by atoms with E-state index in [0.29, 0.717) is 0 Å². The Morgan fingerprint density at radius 1 is 1.21 bits per heavy atom. The van der Waals surface area contributed by atoms with Crippen LogP contribution in [0.3, 0.4) is 0 Å². The van der Waals surface area contributed by atoms with Gasteiger partial charge in [-0.05, 0) is 12.1 Å². The Morgan fingerprint density at radius 3 is 2.64 bits per heavy atom. The molecule has 2 rings (SSSR count). The second kappa shape index (κ2) is 3.30. The molecule has 3 nitrogen and oxygen atoms in total. The third-order valence-electron chi connectivity index (χ3n) is 1.72. The molecule has 0 bridgehead atoms. The fourth-order valence-corrected chi connectivity index (χ4v) is 1.56. The third-order valence-corrected chi connectivity index (χ3v) is 2.26. The molecular weight excluding hydrogens is 208 g/mol. The zero-order chi connectivity index (χ0) is 10.1. The lowest BCUT2D eigenvalue weighted by Gasteiger charge is -1.99. The first-order valence-corrected chi connectivity index (χ1v) is 4.45. The molecule has 1 heterocycles. The van der Waals surface area contributed by atoms with E-state index in [1.165, 1.54) is 12.1 Å². The van der Waals surface area contributed by atoms with E-state index in [0.717, 1.165) is 17.8 Å². The van der Waals surface area contributed by atoms with Gasteiger partial charge in [0.05, 0.1) is 11.7 Å². The molecule has 0 aliphatic heterocycles. The van der Waals surface area contributed by atoms with Gasteiger partial charge in [0, 0.05) is 5.56 Å². The fraction of sp³-hybridized carbons (Fsp3) is 0. The van der Waals surface area contributed by atoms with Crippen LogP contribution in [0.15, 0.2) is 18.2 Å². The lowest BCUT2D eigenvalue weighted by molar-refractivity contribution is 0.511. The monoisotopic (exact) mass is 213 g/mol. The van der Waals surface area contributed by atoms with Gasteiger partial charge in [-0.2, -0.15) is 8.75 Å².